The smallest absolute Gasteiger partial charge is 0.410 e. The average molecular weight is 264 g/mol. The molecule has 1 amide bonds. The lowest BCUT2D eigenvalue weighted by Crippen LogP contribution is -2.50. The second-order valence-corrected chi connectivity index (χ2v) is 4.67. The van der Waals surface area contributed by atoms with Crippen LogP contribution >= 0.6 is 0 Å². The van der Waals surface area contributed by atoms with Crippen LogP contribution in [0.3, 0.4) is 0 Å². The normalized spacial score (nSPS) is 22.3. The van der Waals surface area contributed by atoms with Crippen LogP contribution in [0.4, 0.5) is 4.79 Å². The number of nitrogens with zero attached hydrogens (tertiary/aromatic N) is 1. The van der Waals surface area contributed by atoms with Crippen molar-refractivity contribution in [2.45, 2.75) is 18.6 Å². The van der Waals surface area contributed by atoms with Gasteiger partial charge in [0.25, 0.3) is 0 Å². The Morgan fingerprint density at radius 2 is 2.05 bits per heavy atom. The summed E-state index contributed by atoms with van der Waals surface area (Å²) in [7, 11) is 0. The van der Waals surface area contributed by atoms with E-state index in [1.807, 2.05) is 30.3 Å². The summed E-state index contributed by atoms with van der Waals surface area (Å²) in [5, 5.41) is 8.98. The summed E-state index contributed by atoms with van der Waals surface area (Å²) >= 11 is 0. The number of carbonyl (C=O) groups is 2. The number of hydrogen-bond acceptors (Lipinski definition) is 4. The summed E-state index contributed by atoms with van der Waals surface area (Å²) in [6.45, 7) is 0.452. The largest absolute Gasteiger partial charge is 0.480 e. The van der Waals surface area contributed by atoms with E-state index < -0.39 is 17.6 Å². The van der Waals surface area contributed by atoms with Gasteiger partial charge in [-0.05, 0) is 12.0 Å². The molecule has 0 bridgehead atoms. The quantitative estimate of drug-likeness (QED) is 0.842. The molecule has 1 aromatic rings. The minimum Gasteiger partial charge on any atom is -0.480 e. The highest BCUT2D eigenvalue weighted by Gasteiger charge is 2.43. The number of rotatable bonds is 3. The van der Waals surface area contributed by atoms with Crippen LogP contribution in [0, 0.1) is 0 Å². The Labute approximate surface area is 110 Å². The Morgan fingerprint density at radius 1 is 1.37 bits per heavy atom. The lowest BCUT2D eigenvalue weighted by molar-refractivity contribution is -0.142. The maximum Gasteiger partial charge on any atom is 0.410 e. The maximum absolute atomic E-state index is 11.8. The van der Waals surface area contributed by atoms with Crippen molar-refractivity contribution < 1.29 is 19.4 Å². The van der Waals surface area contributed by atoms with E-state index in [0.29, 0.717) is 6.54 Å². The molecule has 0 spiro atoms. The van der Waals surface area contributed by atoms with Gasteiger partial charge in [-0.1, -0.05) is 30.3 Å². The van der Waals surface area contributed by atoms with Crippen LogP contribution in [0.25, 0.3) is 0 Å². The summed E-state index contributed by atoms with van der Waals surface area (Å²) in [5.74, 6) is -1.09. The third-order valence-electron chi connectivity index (χ3n) is 3.19. The zero-order valence-electron chi connectivity index (χ0n) is 10.4. The molecule has 1 aromatic carbocycles. The van der Waals surface area contributed by atoms with Crippen molar-refractivity contribution in [3.8, 4) is 0 Å². The van der Waals surface area contributed by atoms with Crippen LogP contribution in [0.1, 0.15) is 12.0 Å². The number of likely N-dealkylation sites (tertiary alicyclic amines) is 1. The Kier molecular flexibility index (Phi) is 3.71. The van der Waals surface area contributed by atoms with Crippen LogP contribution in [0.5, 0.6) is 0 Å². The van der Waals surface area contributed by atoms with Gasteiger partial charge < -0.3 is 20.5 Å². The molecule has 1 unspecified atom stereocenters. The van der Waals surface area contributed by atoms with Crippen molar-refractivity contribution in [1.29, 1.82) is 0 Å². The second kappa shape index (κ2) is 5.27. The third-order valence-corrected chi connectivity index (χ3v) is 3.19. The van der Waals surface area contributed by atoms with Gasteiger partial charge >= 0.3 is 12.1 Å². The first-order valence-electron chi connectivity index (χ1n) is 5.99. The van der Waals surface area contributed by atoms with Crippen molar-refractivity contribution >= 4 is 12.1 Å². The molecule has 6 heteroatoms. The van der Waals surface area contributed by atoms with E-state index in [1.54, 1.807) is 0 Å². The molecule has 1 heterocycles. The molecule has 0 radical (unpaired) electrons. The van der Waals surface area contributed by atoms with Gasteiger partial charge in [-0.2, -0.15) is 0 Å². The Bertz CT molecular complexity index is 477. The number of nitrogens with two attached hydrogens (primary N) is 1. The Hall–Kier alpha value is -2.08. The number of benzene rings is 1. The second-order valence-electron chi connectivity index (χ2n) is 4.67. The summed E-state index contributed by atoms with van der Waals surface area (Å²) < 4.78 is 5.12. The molecule has 2 rings (SSSR count). The van der Waals surface area contributed by atoms with Crippen molar-refractivity contribution in [3.63, 3.8) is 0 Å². The van der Waals surface area contributed by atoms with E-state index in [9.17, 15) is 9.59 Å². The molecule has 1 atom stereocenters. The fraction of sp³-hybridized carbons (Fsp3) is 0.385. The molecule has 6 nitrogen and oxygen atoms in total. The van der Waals surface area contributed by atoms with Crippen molar-refractivity contribution in [1.82, 2.24) is 4.90 Å². The van der Waals surface area contributed by atoms with E-state index in [4.69, 9.17) is 15.6 Å². The monoisotopic (exact) mass is 264 g/mol. The number of carboxylic acid groups (broad SMARTS) is 1. The SMILES string of the molecule is NC1(C(=O)O)CCN(C(=O)OCc2ccccc2)C1. The zero-order valence-corrected chi connectivity index (χ0v) is 10.4. The molecule has 3 N–H and O–H groups in total. The zero-order chi connectivity index (χ0) is 13.9. The molecular formula is C13H16N2O4. The van der Waals surface area contributed by atoms with Crippen molar-refractivity contribution in [3.05, 3.63) is 35.9 Å². The molecule has 0 aromatic heterocycles. The van der Waals surface area contributed by atoms with Gasteiger partial charge in [-0.15, -0.1) is 0 Å². The molecule has 19 heavy (non-hydrogen) atoms. The van der Waals surface area contributed by atoms with Crippen molar-refractivity contribution in [2.75, 3.05) is 13.1 Å². The highest BCUT2D eigenvalue weighted by atomic mass is 16.6. The van der Waals surface area contributed by atoms with Gasteiger partial charge in [0.15, 0.2) is 0 Å². The lowest BCUT2D eigenvalue weighted by atomic mass is 10.0. The first-order chi connectivity index (χ1) is 9.01. The highest BCUT2D eigenvalue weighted by Crippen LogP contribution is 2.20. The van der Waals surface area contributed by atoms with Crippen LogP contribution < -0.4 is 5.73 Å². The van der Waals surface area contributed by atoms with Crippen LogP contribution in [0.15, 0.2) is 30.3 Å². The first kappa shape index (κ1) is 13.4. The van der Waals surface area contributed by atoms with Crippen LogP contribution in [-0.4, -0.2) is 40.7 Å². The fourth-order valence-electron chi connectivity index (χ4n) is 1.97. The number of hydrogen-bond donors (Lipinski definition) is 2. The van der Waals surface area contributed by atoms with Gasteiger partial charge in [0.05, 0.1) is 6.54 Å². The van der Waals surface area contributed by atoms with Gasteiger partial charge in [0.1, 0.15) is 12.1 Å². The lowest BCUT2D eigenvalue weighted by Gasteiger charge is -2.19. The third kappa shape index (κ3) is 3.03. The Balaban J connectivity index is 1.87. The maximum atomic E-state index is 11.8. The molecule has 0 aliphatic carbocycles. The molecule has 0 saturated carbocycles. The standard InChI is InChI=1S/C13H16N2O4/c14-13(11(16)17)6-7-15(9-13)12(18)19-8-10-4-2-1-3-5-10/h1-5H,6-9,14H2,(H,16,17). The number of carboxylic acids is 1. The number of aliphatic carboxylic acids is 1. The molecule has 1 aliphatic rings. The van der Waals surface area contributed by atoms with E-state index in [0.717, 1.165) is 5.56 Å². The van der Waals surface area contributed by atoms with Gasteiger partial charge in [0, 0.05) is 6.54 Å². The van der Waals surface area contributed by atoms with Gasteiger partial charge in [-0.25, -0.2) is 4.79 Å². The van der Waals surface area contributed by atoms with E-state index in [1.165, 1.54) is 4.90 Å². The van der Waals surface area contributed by atoms with Gasteiger partial charge in [-0.3, -0.25) is 4.79 Å². The molecule has 1 aliphatic heterocycles. The van der Waals surface area contributed by atoms with Gasteiger partial charge in [0.2, 0.25) is 0 Å². The predicted molar refractivity (Wildman–Crippen MR) is 67.4 cm³/mol. The Morgan fingerprint density at radius 3 is 2.63 bits per heavy atom. The van der Waals surface area contributed by atoms with E-state index in [2.05, 4.69) is 0 Å². The molecule has 1 fully saturated rings. The topological polar surface area (TPSA) is 92.9 Å². The summed E-state index contributed by atoms with van der Waals surface area (Å²) in [6, 6.07) is 9.29. The summed E-state index contributed by atoms with van der Waals surface area (Å²) in [4.78, 5) is 24.1. The first-order valence-corrected chi connectivity index (χ1v) is 5.99. The molecule has 1 saturated heterocycles. The van der Waals surface area contributed by atoms with E-state index in [-0.39, 0.29) is 19.6 Å². The average Bonchev–Trinajstić information content (AvgIpc) is 2.81. The summed E-state index contributed by atoms with van der Waals surface area (Å²) in [6.07, 6.45) is -0.291. The number of ether oxygens (including phenoxy) is 1. The minimum atomic E-state index is -1.36. The summed E-state index contributed by atoms with van der Waals surface area (Å²) in [5.41, 5.74) is 5.21. The van der Waals surface area contributed by atoms with E-state index >= 15 is 0 Å². The molecule has 102 valence electrons. The van der Waals surface area contributed by atoms with Crippen molar-refractivity contribution in [2.24, 2.45) is 5.73 Å². The van der Waals surface area contributed by atoms with Crippen LogP contribution in [0.2, 0.25) is 0 Å². The minimum absolute atomic E-state index is 0.0179. The molecular weight excluding hydrogens is 248 g/mol. The number of carbonyl (C=O) groups excluding carboxylic acids is 1. The predicted octanol–water partition coefficient (Wildman–Crippen LogP) is 0.811. The number of amides is 1. The van der Waals surface area contributed by atoms with Crippen LogP contribution in [-0.2, 0) is 16.1 Å². The fourth-order valence-corrected chi connectivity index (χ4v) is 1.97. The highest BCUT2D eigenvalue weighted by molar-refractivity contribution is 5.81.